The van der Waals surface area contributed by atoms with Crippen LogP contribution in [0, 0.1) is 0 Å². The van der Waals surface area contributed by atoms with Gasteiger partial charge in [0.2, 0.25) is 0 Å². The van der Waals surface area contributed by atoms with E-state index in [0.29, 0.717) is 16.1 Å². The molecule has 1 N–H and O–H groups in total. The number of rotatable bonds is 2. The predicted molar refractivity (Wildman–Crippen MR) is 79.0 cm³/mol. The Hall–Kier alpha value is -2.41. The first kappa shape index (κ1) is 14.5. The van der Waals surface area contributed by atoms with E-state index >= 15 is 0 Å². The summed E-state index contributed by atoms with van der Waals surface area (Å²) in [5.41, 5.74) is -0.0916. The van der Waals surface area contributed by atoms with E-state index in [1.54, 1.807) is 17.5 Å². The molecule has 1 amide bonds. The maximum atomic E-state index is 12.8. The number of benzene rings is 1. The Bertz CT molecular complexity index is 828. The number of carbonyl (C=O) groups excluding carboxylic acids is 1. The highest BCUT2D eigenvalue weighted by molar-refractivity contribution is 7.12. The standard InChI is InChI=1S/C15H9F3N2OS/c16-15(17,18)9-3-4-11-10(8-9)12(5-6-19-11)20-14(21)13-2-1-7-22-13/h1-8H,(H,19,20,21). The summed E-state index contributed by atoms with van der Waals surface area (Å²) in [6, 6.07) is 8.11. The molecule has 2 heterocycles. The maximum Gasteiger partial charge on any atom is 0.416 e. The Morgan fingerprint density at radius 2 is 2.00 bits per heavy atom. The maximum absolute atomic E-state index is 12.8. The molecule has 0 spiro atoms. The van der Waals surface area contributed by atoms with Gasteiger partial charge in [0, 0.05) is 11.6 Å². The molecule has 0 atom stereocenters. The van der Waals surface area contributed by atoms with Crippen molar-refractivity contribution in [2.45, 2.75) is 6.18 Å². The molecule has 1 aromatic carbocycles. The van der Waals surface area contributed by atoms with E-state index in [4.69, 9.17) is 0 Å². The second kappa shape index (κ2) is 5.42. The van der Waals surface area contributed by atoms with Gasteiger partial charge in [-0.1, -0.05) is 6.07 Å². The minimum Gasteiger partial charge on any atom is -0.321 e. The minimum atomic E-state index is -4.45. The molecule has 0 unspecified atom stereocenters. The van der Waals surface area contributed by atoms with Crippen LogP contribution in [-0.2, 0) is 6.18 Å². The van der Waals surface area contributed by atoms with Crippen LogP contribution >= 0.6 is 11.3 Å². The number of halogens is 3. The van der Waals surface area contributed by atoms with Crippen molar-refractivity contribution in [3.8, 4) is 0 Å². The van der Waals surface area contributed by atoms with Crippen molar-refractivity contribution < 1.29 is 18.0 Å². The first-order valence-electron chi connectivity index (χ1n) is 6.26. The molecule has 0 aliphatic heterocycles. The monoisotopic (exact) mass is 322 g/mol. The first-order valence-corrected chi connectivity index (χ1v) is 7.14. The molecular weight excluding hydrogens is 313 g/mol. The fraction of sp³-hybridized carbons (Fsp3) is 0.0667. The molecule has 3 nitrogen and oxygen atoms in total. The number of hydrogen-bond acceptors (Lipinski definition) is 3. The smallest absolute Gasteiger partial charge is 0.321 e. The second-order valence-corrected chi connectivity index (χ2v) is 5.47. The largest absolute Gasteiger partial charge is 0.416 e. The van der Waals surface area contributed by atoms with Gasteiger partial charge in [-0.25, -0.2) is 0 Å². The molecular formula is C15H9F3N2OS. The van der Waals surface area contributed by atoms with Crippen molar-refractivity contribution >= 4 is 33.8 Å². The molecule has 0 fully saturated rings. The lowest BCUT2D eigenvalue weighted by Gasteiger charge is -2.11. The summed E-state index contributed by atoms with van der Waals surface area (Å²) in [6.07, 6.45) is -3.00. The number of thiophene rings is 1. The Kier molecular flexibility index (Phi) is 3.58. The zero-order valence-electron chi connectivity index (χ0n) is 11.0. The fourth-order valence-corrected chi connectivity index (χ4v) is 2.64. The fourth-order valence-electron chi connectivity index (χ4n) is 2.02. The van der Waals surface area contributed by atoms with Crippen LogP contribution in [0.5, 0.6) is 0 Å². The average molecular weight is 322 g/mol. The van der Waals surface area contributed by atoms with Gasteiger partial charge in [0.25, 0.3) is 5.91 Å². The Balaban J connectivity index is 2.03. The van der Waals surface area contributed by atoms with Crippen molar-refractivity contribution in [1.82, 2.24) is 4.98 Å². The normalized spacial score (nSPS) is 11.6. The number of nitrogens with zero attached hydrogens (tertiary/aromatic N) is 1. The van der Waals surface area contributed by atoms with E-state index in [1.807, 2.05) is 0 Å². The molecule has 0 aliphatic carbocycles. The van der Waals surface area contributed by atoms with Crippen LogP contribution < -0.4 is 5.32 Å². The predicted octanol–water partition coefficient (Wildman–Crippen LogP) is 4.57. The molecule has 0 saturated heterocycles. The van der Waals surface area contributed by atoms with E-state index in [9.17, 15) is 18.0 Å². The average Bonchev–Trinajstić information content (AvgIpc) is 3.00. The highest BCUT2D eigenvalue weighted by Gasteiger charge is 2.30. The number of aromatic nitrogens is 1. The number of anilines is 1. The first-order chi connectivity index (χ1) is 10.4. The van der Waals surface area contributed by atoms with E-state index in [0.717, 1.165) is 12.1 Å². The van der Waals surface area contributed by atoms with Crippen molar-refractivity contribution in [1.29, 1.82) is 0 Å². The number of nitrogens with one attached hydrogen (secondary N) is 1. The third-order valence-electron chi connectivity index (χ3n) is 3.06. The summed E-state index contributed by atoms with van der Waals surface area (Å²) in [5.74, 6) is -0.361. The van der Waals surface area contributed by atoms with Crippen LogP contribution in [0.1, 0.15) is 15.2 Å². The van der Waals surface area contributed by atoms with Crippen molar-refractivity contribution in [3.63, 3.8) is 0 Å². The molecule has 22 heavy (non-hydrogen) atoms. The van der Waals surface area contributed by atoms with Crippen LogP contribution in [0.2, 0.25) is 0 Å². The van der Waals surface area contributed by atoms with Gasteiger partial charge in [-0.2, -0.15) is 13.2 Å². The molecule has 0 radical (unpaired) electrons. The van der Waals surface area contributed by atoms with Gasteiger partial charge < -0.3 is 5.32 Å². The van der Waals surface area contributed by atoms with Crippen LogP contribution in [0.25, 0.3) is 10.9 Å². The highest BCUT2D eigenvalue weighted by Crippen LogP contribution is 2.33. The number of amides is 1. The SMILES string of the molecule is O=C(Nc1ccnc2ccc(C(F)(F)F)cc12)c1cccs1. The topological polar surface area (TPSA) is 42.0 Å². The summed E-state index contributed by atoms with van der Waals surface area (Å²) >= 11 is 1.26. The van der Waals surface area contributed by atoms with Crippen LogP contribution in [0.4, 0.5) is 18.9 Å². The Labute approximate surface area is 127 Å². The number of pyridine rings is 1. The van der Waals surface area contributed by atoms with E-state index < -0.39 is 11.7 Å². The number of hydrogen-bond donors (Lipinski definition) is 1. The summed E-state index contributed by atoms with van der Waals surface area (Å²) < 4.78 is 38.5. The molecule has 3 rings (SSSR count). The third kappa shape index (κ3) is 2.80. The van der Waals surface area contributed by atoms with E-state index in [-0.39, 0.29) is 11.3 Å². The molecule has 112 valence electrons. The summed E-state index contributed by atoms with van der Waals surface area (Å²) in [6.45, 7) is 0. The molecule has 2 aromatic heterocycles. The van der Waals surface area contributed by atoms with Crippen LogP contribution in [-0.4, -0.2) is 10.9 Å². The Morgan fingerprint density at radius 3 is 2.68 bits per heavy atom. The molecule has 7 heteroatoms. The van der Waals surface area contributed by atoms with E-state index in [2.05, 4.69) is 10.3 Å². The third-order valence-corrected chi connectivity index (χ3v) is 3.93. The summed E-state index contributed by atoms with van der Waals surface area (Å²) in [5, 5.41) is 4.63. The van der Waals surface area contributed by atoms with Crippen molar-refractivity contribution in [2.75, 3.05) is 5.32 Å². The van der Waals surface area contributed by atoms with Crippen molar-refractivity contribution in [2.24, 2.45) is 0 Å². The highest BCUT2D eigenvalue weighted by atomic mass is 32.1. The lowest BCUT2D eigenvalue weighted by molar-refractivity contribution is -0.137. The second-order valence-electron chi connectivity index (χ2n) is 4.52. The van der Waals surface area contributed by atoms with Gasteiger partial charge in [-0.3, -0.25) is 9.78 Å². The van der Waals surface area contributed by atoms with Crippen LogP contribution in [0.3, 0.4) is 0 Å². The quantitative estimate of drug-likeness (QED) is 0.751. The summed E-state index contributed by atoms with van der Waals surface area (Å²) in [4.78, 5) is 16.6. The molecule has 0 aliphatic rings. The summed E-state index contributed by atoms with van der Waals surface area (Å²) in [7, 11) is 0. The van der Waals surface area contributed by atoms with Gasteiger partial charge in [0.1, 0.15) is 0 Å². The van der Waals surface area contributed by atoms with Crippen LogP contribution in [0.15, 0.2) is 48.0 Å². The van der Waals surface area contributed by atoms with Gasteiger partial charge in [0.15, 0.2) is 0 Å². The molecule has 0 saturated carbocycles. The Morgan fingerprint density at radius 1 is 1.18 bits per heavy atom. The number of alkyl halides is 3. The van der Waals surface area contributed by atoms with Gasteiger partial charge >= 0.3 is 6.18 Å². The minimum absolute atomic E-state index is 0.252. The van der Waals surface area contributed by atoms with Crippen molar-refractivity contribution in [3.05, 3.63) is 58.4 Å². The zero-order valence-corrected chi connectivity index (χ0v) is 11.8. The lowest BCUT2D eigenvalue weighted by atomic mass is 10.1. The lowest BCUT2D eigenvalue weighted by Crippen LogP contribution is -2.11. The van der Waals surface area contributed by atoms with E-state index in [1.165, 1.54) is 29.7 Å². The van der Waals surface area contributed by atoms with Gasteiger partial charge in [-0.05, 0) is 35.7 Å². The number of carbonyl (C=O) groups is 1. The van der Waals surface area contributed by atoms with Gasteiger partial charge in [-0.15, -0.1) is 11.3 Å². The van der Waals surface area contributed by atoms with Gasteiger partial charge in [0.05, 0.1) is 21.6 Å². The number of fused-ring (bicyclic) bond motifs is 1. The molecule has 0 bridgehead atoms. The zero-order chi connectivity index (χ0) is 15.7. The molecule has 3 aromatic rings.